The van der Waals surface area contributed by atoms with Crippen molar-refractivity contribution in [3.05, 3.63) is 82.6 Å². The first kappa shape index (κ1) is 23.2. The van der Waals surface area contributed by atoms with Crippen LogP contribution < -0.4 is 9.64 Å². The van der Waals surface area contributed by atoms with Gasteiger partial charge in [0.25, 0.3) is 0 Å². The fraction of sp³-hybridized carbons (Fsp3) is 0.200. The van der Waals surface area contributed by atoms with Crippen LogP contribution in [0.2, 0.25) is 0 Å². The van der Waals surface area contributed by atoms with Gasteiger partial charge in [0.05, 0.1) is 35.6 Å². The zero-order chi connectivity index (χ0) is 24.2. The number of anilines is 2. The fourth-order valence-electron chi connectivity index (χ4n) is 3.66. The van der Waals surface area contributed by atoms with Gasteiger partial charge >= 0.3 is 5.97 Å². The Kier molecular flexibility index (Phi) is 6.74. The number of amides is 1. The summed E-state index contributed by atoms with van der Waals surface area (Å²) in [7, 11) is 1.55. The number of aryl methyl sites for hydroxylation is 1. The molecule has 0 fully saturated rings. The number of esters is 1. The van der Waals surface area contributed by atoms with Crippen molar-refractivity contribution in [1.82, 2.24) is 14.8 Å². The smallest absolute Gasteiger partial charge is 0.342 e. The first-order valence-electron chi connectivity index (χ1n) is 10.6. The number of para-hydroxylation sites is 3. The number of hydrogen-bond acceptors (Lipinski definition) is 7. The second-order valence-electron chi connectivity index (χ2n) is 7.52. The monoisotopic (exact) mass is 476 g/mol. The maximum atomic E-state index is 12.9. The van der Waals surface area contributed by atoms with E-state index in [1.807, 2.05) is 49.4 Å². The van der Waals surface area contributed by atoms with E-state index in [1.165, 1.54) is 23.2 Å². The number of hydrogen-bond donors (Lipinski definition) is 0. The van der Waals surface area contributed by atoms with E-state index in [1.54, 1.807) is 36.2 Å². The highest BCUT2D eigenvalue weighted by atomic mass is 32.1. The standard InChI is InChI=1S/C25H24N4O4S/c1-16-23(17(2)29(27-16)20-10-6-5-7-11-20)24(31)33-14-19-15-34-25(26-19)28(18(3)30)21-12-8-9-13-22(21)32-4/h5-13,15H,14H2,1-4H3. The van der Waals surface area contributed by atoms with Crippen molar-refractivity contribution in [2.45, 2.75) is 27.4 Å². The van der Waals surface area contributed by atoms with Gasteiger partial charge in [0.2, 0.25) is 5.91 Å². The molecule has 2 heterocycles. The van der Waals surface area contributed by atoms with E-state index in [9.17, 15) is 9.59 Å². The molecule has 34 heavy (non-hydrogen) atoms. The number of carbonyl (C=O) groups excluding carboxylic acids is 2. The highest BCUT2D eigenvalue weighted by Gasteiger charge is 2.23. The highest BCUT2D eigenvalue weighted by molar-refractivity contribution is 7.14. The summed E-state index contributed by atoms with van der Waals surface area (Å²) in [6.07, 6.45) is 0. The predicted octanol–water partition coefficient (Wildman–Crippen LogP) is 5.00. The second kappa shape index (κ2) is 9.88. The van der Waals surface area contributed by atoms with Crippen LogP contribution >= 0.6 is 11.3 Å². The lowest BCUT2D eigenvalue weighted by molar-refractivity contribution is -0.115. The summed E-state index contributed by atoms with van der Waals surface area (Å²) in [5.41, 5.74) is 3.72. The molecule has 4 aromatic rings. The Morgan fingerprint density at radius 2 is 1.76 bits per heavy atom. The molecule has 0 radical (unpaired) electrons. The van der Waals surface area contributed by atoms with Gasteiger partial charge in [-0.3, -0.25) is 9.69 Å². The van der Waals surface area contributed by atoms with Crippen molar-refractivity contribution in [3.8, 4) is 11.4 Å². The van der Waals surface area contributed by atoms with Gasteiger partial charge in [-0.2, -0.15) is 5.10 Å². The highest BCUT2D eigenvalue weighted by Crippen LogP contribution is 2.35. The van der Waals surface area contributed by atoms with Crippen LogP contribution in [0.25, 0.3) is 5.69 Å². The van der Waals surface area contributed by atoms with Crippen molar-refractivity contribution >= 4 is 34.0 Å². The van der Waals surface area contributed by atoms with Crippen LogP contribution in [0.1, 0.15) is 34.4 Å². The molecule has 0 atom stereocenters. The van der Waals surface area contributed by atoms with E-state index in [0.29, 0.717) is 39.2 Å². The summed E-state index contributed by atoms with van der Waals surface area (Å²) in [6, 6.07) is 16.8. The van der Waals surface area contributed by atoms with Crippen molar-refractivity contribution < 1.29 is 19.1 Å². The van der Waals surface area contributed by atoms with Crippen LogP contribution in [0, 0.1) is 13.8 Å². The molecule has 174 valence electrons. The molecule has 9 heteroatoms. The molecule has 4 rings (SSSR count). The average Bonchev–Trinajstić information content (AvgIpc) is 3.42. The second-order valence-corrected chi connectivity index (χ2v) is 8.35. The quantitative estimate of drug-likeness (QED) is 0.349. The third-order valence-electron chi connectivity index (χ3n) is 5.22. The van der Waals surface area contributed by atoms with E-state index in [-0.39, 0.29) is 12.5 Å². The van der Waals surface area contributed by atoms with Crippen molar-refractivity contribution in [3.63, 3.8) is 0 Å². The van der Waals surface area contributed by atoms with E-state index in [2.05, 4.69) is 10.1 Å². The summed E-state index contributed by atoms with van der Waals surface area (Å²) >= 11 is 1.29. The molecule has 1 amide bonds. The molecular formula is C25H24N4O4S. The largest absolute Gasteiger partial charge is 0.495 e. The molecule has 0 N–H and O–H groups in total. The Bertz CT molecular complexity index is 1330. The van der Waals surface area contributed by atoms with Crippen molar-refractivity contribution in [2.75, 3.05) is 12.0 Å². The minimum atomic E-state index is -0.472. The number of carbonyl (C=O) groups is 2. The Labute approximate surface area is 201 Å². The minimum Gasteiger partial charge on any atom is -0.495 e. The molecule has 0 saturated carbocycles. The summed E-state index contributed by atoms with van der Waals surface area (Å²) in [5.74, 6) is -0.121. The topological polar surface area (TPSA) is 86.5 Å². The van der Waals surface area contributed by atoms with Crippen LogP contribution in [-0.2, 0) is 16.1 Å². The molecule has 0 bridgehead atoms. The van der Waals surface area contributed by atoms with E-state index >= 15 is 0 Å². The molecule has 2 aromatic carbocycles. The van der Waals surface area contributed by atoms with Crippen LogP contribution in [0.3, 0.4) is 0 Å². The number of nitrogens with zero attached hydrogens (tertiary/aromatic N) is 4. The van der Waals surface area contributed by atoms with Crippen molar-refractivity contribution in [1.29, 1.82) is 0 Å². The summed E-state index contributed by atoms with van der Waals surface area (Å²) in [5, 5.41) is 6.73. The molecule has 0 aliphatic heterocycles. The van der Waals surface area contributed by atoms with Gasteiger partial charge < -0.3 is 9.47 Å². The number of methoxy groups -OCH3 is 1. The van der Waals surface area contributed by atoms with Gasteiger partial charge in [-0.15, -0.1) is 11.3 Å². The molecule has 2 aromatic heterocycles. The van der Waals surface area contributed by atoms with Gasteiger partial charge in [-0.25, -0.2) is 14.5 Å². The zero-order valence-electron chi connectivity index (χ0n) is 19.3. The maximum absolute atomic E-state index is 12.9. The number of benzene rings is 2. The van der Waals surface area contributed by atoms with E-state index in [0.717, 1.165) is 5.69 Å². The average molecular weight is 477 g/mol. The fourth-order valence-corrected chi connectivity index (χ4v) is 4.52. The van der Waals surface area contributed by atoms with Gasteiger partial charge in [0, 0.05) is 12.3 Å². The van der Waals surface area contributed by atoms with E-state index in [4.69, 9.17) is 9.47 Å². The predicted molar refractivity (Wildman–Crippen MR) is 130 cm³/mol. The van der Waals surface area contributed by atoms with Gasteiger partial charge in [0.15, 0.2) is 5.13 Å². The third kappa shape index (κ3) is 4.55. The first-order valence-corrected chi connectivity index (χ1v) is 11.5. The number of rotatable bonds is 7. The normalized spacial score (nSPS) is 10.7. The molecule has 0 saturated heterocycles. The SMILES string of the molecule is COc1ccccc1N(C(C)=O)c1nc(COC(=O)c2c(C)nn(-c3ccccc3)c2C)cs1. The van der Waals surface area contributed by atoms with Gasteiger partial charge in [0.1, 0.15) is 17.9 Å². The lowest BCUT2D eigenvalue weighted by atomic mass is 10.2. The summed E-state index contributed by atoms with van der Waals surface area (Å²) in [4.78, 5) is 31.3. The van der Waals surface area contributed by atoms with Crippen LogP contribution in [0.4, 0.5) is 10.8 Å². The first-order chi connectivity index (χ1) is 16.4. The molecule has 0 spiro atoms. The number of aromatic nitrogens is 3. The third-order valence-corrected chi connectivity index (χ3v) is 6.09. The van der Waals surface area contributed by atoms with Crippen LogP contribution in [0.5, 0.6) is 5.75 Å². The van der Waals surface area contributed by atoms with Crippen LogP contribution in [0.15, 0.2) is 60.0 Å². The number of thiazole rings is 1. The van der Waals surface area contributed by atoms with Crippen LogP contribution in [-0.4, -0.2) is 33.8 Å². The minimum absolute atomic E-state index is 0.0254. The number of ether oxygens (including phenoxy) is 2. The zero-order valence-corrected chi connectivity index (χ0v) is 20.1. The Morgan fingerprint density at radius 3 is 2.47 bits per heavy atom. The lowest BCUT2D eigenvalue weighted by Gasteiger charge is -2.20. The Balaban J connectivity index is 1.52. The molecule has 0 aliphatic carbocycles. The lowest BCUT2D eigenvalue weighted by Crippen LogP contribution is -2.23. The summed E-state index contributed by atoms with van der Waals surface area (Å²) < 4.78 is 12.7. The molecule has 8 nitrogen and oxygen atoms in total. The Hall–Kier alpha value is -3.98. The molecular weight excluding hydrogens is 452 g/mol. The Morgan fingerprint density at radius 1 is 1.06 bits per heavy atom. The van der Waals surface area contributed by atoms with Gasteiger partial charge in [-0.1, -0.05) is 30.3 Å². The van der Waals surface area contributed by atoms with Crippen molar-refractivity contribution in [2.24, 2.45) is 0 Å². The van der Waals surface area contributed by atoms with Gasteiger partial charge in [-0.05, 0) is 38.1 Å². The summed E-state index contributed by atoms with van der Waals surface area (Å²) in [6.45, 7) is 5.05. The van der Waals surface area contributed by atoms with E-state index < -0.39 is 5.97 Å². The molecule has 0 aliphatic rings. The molecule has 0 unspecified atom stereocenters. The maximum Gasteiger partial charge on any atom is 0.342 e.